The van der Waals surface area contributed by atoms with Crippen LogP contribution in [0.2, 0.25) is 0 Å². The maximum absolute atomic E-state index is 12.0. The number of carbonyl (C=O) groups is 2. The maximum atomic E-state index is 12.0. The summed E-state index contributed by atoms with van der Waals surface area (Å²) in [6, 6.07) is 11.6. The summed E-state index contributed by atoms with van der Waals surface area (Å²) in [5, 5.41) is 13.2. The smallest absolute Gasteiger partial charge is 0.269 e. The van der Waals surface area contributed by atoms with Crippen LogP contribution in [0, 0.1) is 10.1 Å². The van der Waals surface area contributed by atoms with E-state index in [9.17, 15) is 19.7 Å². The van der Waals surface area contributed by atoms with Crippen molar-refractivity contribution in [3.63, 3.8) is 0 Å². The number of ether oxygens (including phenoxy) is 1. The third-order valence-corrected chi connectivity index (χ3v) is 2.83. The van der Waals surface area contributed by atoms with Crippen molar-refractivity contribution >= 4 is 23.2 Å². The van der Waals surface area contributed by atoms with E-state index in [4.69, 9.17) is 10.5 Å². The Morgan fingerprint density at radius 1 is 1.09 bits per heavy atom. The van der Waals surface area contributed by atoms with E-state index in [1.807, 2.05) is 0 Å². The molecule has 2 aromatic rings. The summed E-state index contributed by atoms with van der Waals surface area (Å²) in [7, 11) is 0. The molecule has 0 aliphatic carbocycles. The summed E-state index contributed by atoms with van der Waals surface area (Å²) in [5.74, 6) is -0.539. The Kier molecular flexibility index (Phi) is 4.88. The van der Waals surface area contributed by atoms with Gasteiger partial charge in [-0.3, -0.25) is 19.7 Å². The molecule has 3 N–H and O–H groups in total. The van der Waals surface area contributed by atoms with Crippen LogP contribution in [0.5, 0.6) is 5.75 Å². The van der Waals surface area contributed by atoms with E-state index < -0.39 is 16.7 Å². The minimum atomic E-state index is -0.583. The van der Waals surface area contributed by atoms with Crippen LogP contribution in [-0.2, 0) is 4.79 Å². The molecule has 0 saturated heterocycles. The van der Waals surface area contributed by atoms with E-state index in [0.29, 0.717) is 17.0 Å². The number of hydrogen-bond acceptors (Lipinski definition) is 5. The van der Waals surface area contributed by atoms with Crippen LogP contribution in [0.4, 0.5) is 11.4 Å². The van der Waals surface area contributed by atoms with Crippen LogP contribution in [0.25, 0.3) is 0 Å². The summed E-state index contributed by atoms with van der Waals surface area (Å²) in [5.41, 5.74) is 5.69. The highest BCUT2D eigenvalue weighted by Gasteiger charge is 2.09. The maximum Gasteiger partial charge on any atom is 0.269 e. The molecule has 0 fully saturated rings. The molecular formula is C15H13N3O5. The monoisotopic (exact) mass is 315 g/mol. The van der Waals surface area contributed by atoms with Gasteiger partial charge >= 0.3 is 0 Å². The molecule has 118 valence electrons. The molecule has 8 nitrogen and oxygen atoms in total. The lowest BCUT2D eigenvalue weighted by Gasteiger charge is -2.07. The molecule has 23 heavy (non-hydrogen) atoms. The van der Waals surface area contributed by atoms with E-state index in [1.54, 1.807) is 24.3 Å². The molecule has 2 amide bonds. The average Bonchev–Trinajstić information content (AvgIpc) is 2.54. The number of benzene rings is 2. The predicted octanol–water partition coefficient (Wildman–Crippen LogP) is 1.71. The summed E-state index contributed by atoms with van der Waals surface area (Å²) in [6.45, 7) is -0.228. The van der Waals surface area contributed by atoms with E-state index in [-0.39, 0.29) is 12.3 Å². The SMILES string of the molecule is NC(=O)COc1ccc(NC(=O)c2ccc([N+](=O)[O-])cc2)cc1. The molecule has 0 bridgehead atoms. The Bertz CT molecular complexity index is 726. The van der Waals surface area contributed by atoms with E-state index in [2.05, 4.69) is 5.32 Å². The first-order valence-electron chi connectivity index (χ1n) is 6.52. The van der Waals surface area contributed by atoms with Gasteiger partial charge in [-0.1, -0.05) is 0 Å². The number of nitro benzene ring substituents is 1. The van der Waals surface area contributed by atoms with Gasteiger partial charge in [-0.25, -0.2) is 0 Å². The van der Waals surface area contributed by atoms with Gasteiger partial charge in [0.15, 0.2) is 6.61 Å². The number of non-ortho nitro benzene ring substituents is 1. The molecule has 0 atom stereocenters. The minimum Gasteiger partial charge on any atom is -0.484 e. The molecule has 8 heteroatoms. The third-order valence-electron chi connectivity index (χ3n) is 2.83. The molecule has 2 rings (SSSR count). The molecule has 0 aliphatic rings. The number of nitrogens with zero attached hydrogens (tertiary/aromatic N) is 1. The second kappa shape index (κ2) is 7.03. The van der Waals surface area contributed by atoms with Crippen LogP contribution in [0.1, 0.15) is 10.4 Å². The minimum absolute atomic E-state index is 0.0856. The summed E-state index contributed by atoms with van der Waals surface area (Å²) in [4.78, 5) is 32.7. The summed E-state index contributed by atoms with van der Waals surface area (Å²) in [6.07, 6.45) is 0. The van der Waals surface area contributed by atoms with Crippen LogP contribution in [-0.4, -0.2) is 23.3 Å². The molecular weight excluding hydrogens is 302 g/mol. The normalized spacial score (nSPS) is 9.91. The van der Waals surface area contributed by atoms with E-state index in [1.165, 1.54) is 24.3 Å². The van der Waals surface area contributed by atoms with E-state index in [0.717, 1.165) is 0 Å². The van der Waals surface area contributed by atoms with Gasteiger partial charge in [0.1, 0.15) is 5.75 Å². The van der Waals surface area contributed by atoms with Crippen molar-refractivity contribution in [1.29, 1.82) is 0 Å². The van der Waals surface area contributed by atoms with Gasteiger partial charge in [0, 0.05) is 23.4 Å². The standard InChI is InChI=1S/C15H13N3O5/c16-14(19)9-23-13-7-3-11(4-8-13)17-15(20)10-1-5-12(6-2-10)18(21)22/h1-8H,9H2,(H2,16,19)(H,17,20). The fraction of sp³-hybridized carbons (Fsp3) is 0.0667. The number of rotatable bonds is 6. The second-order valence-corrected chi connectivity index (χ2v) is 4.54. The zero-order valence-corrected chi connectivity index (χ0v) is 11.9. The molecule has 0 aromatic heterocycles. The molecule has 0 heterocycles. The number of carbonyl (C=O) groups excluding carboxylic acids is 2. The van der Waals surface area contributed by atoms with Crippen molar-refractivity contribution in [1.82, 2.24) is 0 Å². The fourth-order valence-corrected chi connectivity index (χ4v) is 1.73. The number of anilines is 1. The molecule has 0 saturated carbocycles. The van der Waals surface area contributed by atoms with Gasteiger partial charge in [0.25, 0.3) is 17.5 Å². The first kappa shape index (κ1) is 16.0. The van der Waals surface area contributed by atoms with Gasteiger partial charge < -0.3 is 15.8 Å². The van der Waals surface area contributed by atoms with Gasteiger partial charge in [-0.05, 0) is 36.4 Å². The highest BCUT2D eigenvalue weighted by atomic mass is 16.6. The summed E-state index contributed by atoms with van der Waals surface area (Å²) >= 11 is 0. The van der Waals surface area contributed by atoms with Crippen molar-refractivity contribution in [2.75, 3.05) is 11.9 Å². The van der Waals surface area contributed by atoms with Crippen molar-refractivity contribution in [3.05, 3.63) is 64.2 Å². The quantitative estimate of drug-likeness (QED) is 0.620. The van der Waals surface area contributed by atoms with Crippen molar-refractivity contribution in [3.8, 4) is 5.75 Å². The highest BCUT2D eigenvalue weighted by molar-refractivity contribution is 6.04. The first-order valence-corrected chi connectivity index (χ1v) is 6.52. The van der Waals surface area contributed by atoms with Crippen LogP contribution < -0.4 is 15.8 Å². The Balaban J connectivity index is 1.99. The molecule has 0 radical (unpaired) electrons. The van der Waals surface area contributed by atoms with Gasteiger partial charge in [-0.15, -0.1) is 0 Å². The Labute approximate surface area is 131 Å². The molecule has 0 aliphatic heterocycles. The van der Waals surface area contributed by atoms with Crippen LogP contribution in [0.3, 0.4) is 0 Å². The van der Waals surface area contributed by atoms with Crippen molar-refractivity contribution in [2.24, 2.45) is 5.73 Å². The molecule has 0 spiro atoms. The largest absolute Gasteiger partial charge is 0.484 e. The number of nitrogens with one attached hydrogen (secondary N) is 1. The first-order chi connectivity index (χ1) is 11.0. The Hall–Kier alpha value is -3.42. The fourth-order valence-electron chi connectivity index (χ4n) is 1.73. The average molecular weight is 315 g/mol. The highest BCUT2D eigenvalue weighted by Crippen LogP contribution is 2.17. The lowest BCUT2D eigenvalue weighted by molar-refractivity contribution is -0.384. The van der Waals surface area contributed by atoms with E-state index >= 15 is 0 Å². The van der Waals surface area contributed by atoms with Crippen LogP contribution in [0.15, 0.2) is 48.5 Å². The predicted molar refractivity (Wildman–Crippen MR) is 82.2 cm³/mol. The number of hydrogen-bond donors (Lipinski definition) is 2. The van der Waals surface area contributed by atoms with Gasteiger partial charge in [-0.2, -0.15) is 0 Å². The lowest BCUT2D eigenvalue weighted by atomic mass is 10.2. The topological polar surface area (TPSA) is 125 Å². The number of nitro groups is 1. The lowest BCUT2D eigenvalue weighted by Crippen LogP contribution is -2.20. The third kappa shape index (κ3) is 4.53. The molecule has 2 aromatic carbocycles. The van der Waals surface area contributed by atoms with Crippen molar-refractivity contribution in [2.45, 2.75) is 0 Å². The zero-order valence-electron chi connectivity index (χ0n) is 11.9. The van der Waals surface area contributed by atoms with Gasteiger partial charge in [0.05, 0.1) is 4.92 Å². The Morgan fingerprint density at radius 2 is 1.70 bits per heavy atom. The van der Waals surface area contributed by atoms with Gasteiger partial charge in [0.2, 0.25) is 0 Å². The number of primary amides is 1. The van der Waals surface area contributed by atoms with Crippen molar-refractivity contribution < 1.29 is 19.2 Å². The molecule has 0 unspecified atom stereocenters. The second-order valence-electron chi connectivity index (χ2n) is 4.54. The zero-order chi connectivity index (χ0) is 16.8. The van der Waals surface area contributed by atoms with Crippen LogP contribution >= 0.6 is 0 Å². The number of nitrogens with two attached hydrogens (primary N) is 1. The number of amides is 2. The summed E-state index contributed by atoms with van der Waals surface area (Å²) < 4.78 is 5.10. The Morgan fingerprint density at radius 3 is 2.22 bits per heavy atom.